The third-order valence-electron chi connectivity index (χ3n) is 7.87. The zero-order valence-electron chi connectivity index (χ0n) is 26.5. The van der Waals surface area contributed by atoms with Crippen molar-refractivity contribution in [3.63, 3.8) is 0 Å². The summed E-state index contributed by atoms with van der Waals surface area (Å²) in [6.45, 7) is 8.22. The molecule has 1 amide bonds. The zero-order chi connectivity index (χ0) is 31.9. The molecule has 11 heteroatoms. The number of rotatable bonds is 11. The summed E-state index contributed by atoms with van der Waals surface area (Å²) in [7, 11) is 5.36. The SMILES string of the molecule is COc1cc(CCN)ccc1Oc1nc(Nc2ccc(N3CCN(C)CC3)c(OC)c2)ncc1C(=O)Nc1c(C)cccc1C. The molecular formula is C34H41N7O4. The maximum Gasteiger partial charge on any atom is 0.262 e. The summed E-state index contributed by atoms with van der Waals surface area (Å²) in [5.41, 5.74) is 11.3. The van der Waals surface area contributed by atoms with E-state index in [0.717, 1.165) is 65.7 Å². The van der Waals surface area contributed by atoms with Crippen LogP contribution in [0.4, 0.5) is 23.0 Å². The largest absolute Gasteiger partial charge is 0.495 e. The molecule has 1 saturated heterocycles. The summed E-state index contributed by atoms with van der Waals surface area (Å²) in [5.74, 6) is 1.57. The monoisotopic (exact) mass is 611 g/mol. The highest BCUT2D eigenvalue weighted by Gasteiger charge is 2.22. The number of amides is 1. The summed E-state index contributed by atoms with van der Waals surface area (Å²) in [4.78, 5) is 27.4. The smallest absolute Gasteiger partial charge is 0.262 e. The molecule has 1 aliphatic rings. The third kappa shape index (κ3) is 7.44. The van der Waals surface area contributed by atoms with E-state index in [1.165, 1.54) is 6.20 Å². The van der Waals surface area contributed by atoms with Crippen LogP contribution in [0, 0.1) is 13.8 Å². The Bertz CT molecular complexity index is 1630. The number of methoxy groups -OCH3 is 2. The molecule has 5 rings (SSSR count). The minimum atomic E-state index is -0.397. The number of likely N-dealkylation sites (N-methyl/N-ethyl adjacent to an activating group) is 1. The van der Waals surface area contributed by atoms with Gasteiger partial charge in [0.2, 0.25) is 11.8 Å². The molecule has 3 aromatic carbocycles. The van der Waals surface area contributed by atoms with Crippen molar-refractivity contribution < 1.29 is 19.0 Å². The molecule has 1 fully saturated rings. The van der Waals surface area contributed by atoms with Crippen LogP contribution >= 0.6 is 0 Å². The van der Waals surface area contributed by atoms with E-state index >= 15 is 0 Å². The number of hydrogen-bond acceptors (Lipinski definition) is 10. The first kappa shape index (κ1) is 31.6. The second-order valence-electron chi connectivity index (χ2n) is 11.1. The molecule has 45 heavy (non-hydrogen) atoms. The Balaban J connectivity index is 1.46. The molecule has 0 spiro atoms. The lowest BCUT2D eigenvalue weighted by atomic mass is 10.1. The van der Waals surface area contributed by atoms with Gasteiger partial charge < -0.3 is 40.4 Å². The van der Waals surface area contributed by atoms with E-state index in [0.29, 0.717) is 24.5 Å². The van der Waals surface area contributed by atoms with Crippen LogP contribution in [0.15, 0.2) is 60.8 Å². The lowest BCUT2D eigenvalue weighted by Crippen LogP contribution is -2.44. The van der Waals surface area contributed by atoms with Crippen LogP contribution in [0.5, 0.6) is 23.1 Å². The fraction of sp³-hybridized carbons (Fsp3) is 0.324. The fourth-order valence-electron chi connectivity index (χ4n) is 5.27. The third-order valence-corrected chi connectivity index (χ3v) is 7.87. The Morgan fingerprint density at radius 1 is 0.933 bits per heavy atom. The molecule has 1 aliphatic heterocycles. The molecule has 11 nitrogen and oxygen atoms in total. The summed E-state index contributed by atoms with van der Waals surface area (Å²) >= 11 is 0. The second kappa shape index (κ2) is 14.3. The predicted molar refractivity (Wildman–Crippen MR) is 178 cm³/mol. The minimum absolute atomic E-state index is 0.0714. The van der Waals surface area contributed by atoms with Crippen molar-refractivity contribution in [2.24, 2.45) is 5.73 Å². The molecule has 2 heterocycles. The molecule has 0 radical (unpaired) electrons. The number of benzene rings is 3. The average molecular weight is 612 g/mol. The fourth-order valence-corrected chi connectivity index (χ4v) is 5.27. The number of anilines is 4. The summed E-state index contributed by atoms with van der Waals surface area (Å²) in [6.07, 6.45) is 2.15. The van der Waals surface area contributed by atoms with Crippen LogP contribution in [-0.4, -0.2) is 74.8 Å². The second-order valence-corrected chi connectivity index (χ2v) is 11.1. The van der Waals surface area contributed by atoms with E-state index in [1.807, 2.05) is 62.4 Å². The summed E-state index contributed by atoms with van der Waals surface area (Å²) in [6, 6.07) is 17.3. The van der Waals surface area contributed by atoms with Gasteiger partial charge >= 0.3 is 0 Å². The van der Waals surface area contributed by atoms with Gasteiger partial charge in [0.1, 0.15) is 11.3 Å². The van der Waals surface area contributed by atoms with E-state index in [2.05, 4.69) is 37.4 Å². The number of carbonyl (C=O) groups excluding carboxylic acids is 1. The number of piperazine rings is 1. The van der Waals surface area contributed by atoms with Crippen molar-refractivity contribution in [2.45, 2.75) is 20.3 Å². The molecule has 0 saturated carbocycles. The van der Waals surface area contributed by atoms with Crippen LogP contribution in [0.25, 0.3) is 0 Å². The topological polar surface area (TPSA) is 127 Å². The van der Waals surface area contributed by atoms with E-state index in [-0.39, 0.29) is 17.4 Å². The molecular weight excluding hydrogens is 570 g/mol. The van der Waals surface area contributed by atoms with Crippen molar-refractivity contribution in [3.8, 4) is 23.1 Å². The van der Waals surface area contributed by atoms with E-state index in [9.17, 15) is 4.79 Å². The Labute approximate surface area is 264 Å². The Kier molecular flexibility index (Phi) is 10.0. The van der Waals surface area contributed by atoms with E-state index < -0.39 is 5.91 Å². The van der Waals surface area contributed by atoms with E-state index in [4.69, 9.17) is 19.9 Å². The van der Waals surface area contributed by atoms with Crippen molar-refractivity contribution in [2.75, 3.05) is 69.5 Å². The van der Waals surface area contributed by atoms with Gasteiger partial charge in [0.05, 0.1) is 19.9 Å². The number of aryl methyl sites for hydroxylation is 2. The Morgan fingerprint density at radius 2 is 1.67 bits per heavy atom. The first-order valence-electron chi connectivity index (χ1n) is 15.0. The van der Waals surface area contributed by atoms with Crippen molar-refractivity contribution in [1.29, 1.82) is 0 Å². The highest BCUT2D eigenvalue weighted by molar-refractivity contribution is 6.06. The number of para-hydroxylation sites is 1. The van der Waals surface area contributed by atoms with Gasteiger partial charge in [0, 0.05) is 49.8 Å². The van der Waals surface area contributed by atoms with Crippen LogP contribution < -0.4 is 35.5 Å². The van der Waals surface area contributed by atoms with Gasteiger partial charge in [-0.3, -0.25) is 4.79 Å². The Hall–Kier alpha value is -4.87. The average Bonchev–Trinajstić information content (AvgIpc) is 3.04. The number of hydrogen-bond donors (Lipinski definition) is 3. The number of nitrogens with two attached hydrogens (primary N) is 1. The van der Waals surface area contributed by atoms with Crippen molar-refractivity contribution in [1.82, 2.24) is 14.9 Å². The van der Waals surface area contributed by atoms with Crippen LogP contribution in [-0.2, 0) is 6.42 Å². The van der Waals surface area contributed by atoms with Crippen molar-refractivity contribution in [3.05, 3.63) is 83.0 Å². The quantitative estimate of drug-likeness (QED) is 0.210. The molecule has 4 N–H and O–H groups in total. The first-order chi connectivity index (χ1) is 21.8. The molecule has 0 unspecified atom stereocenters. The lowest BCUT2D eigenvalue weighted by Gasteiger charge is -2.34. The lowest BCUT2D eigenvalue weighted by molar-refractivity contribution is 0.102. The van der Waals surface area contributed by atoms with Gasteiger partial charge in [-0.2, -0.15) is 4.98 Å². The predicted octanol–water partition coefficient (Wildman–Crippen LogP) is 5.15. The van der Waals surface area contributed by atoms with Gasteiger partial charge in [-0.05, 0) is 74.8 Å². The summed E-state index contributed by atoms with van der Waals surface area (Å²) in [5, 5.41) is 6.26. The molecule has 0 bridgehead atoms. The van der Waals surface area contributed by atoms with Crippen molar-refractivity contribution >= 4 is 28.9 Å². The van der Waals surface area contributed by atoms with Crippen LogP contribution in [0.3, 0.4) is 0 Å². The molecule has 0 aliphatic carbocycles. The minimum Gasteiger partial charge on any atom is -0.495 e. The zero-order valence-corrected chi connectivity index (χ0v) is 26.5. The standard InChI is InChI=1S/C34H41N7O4/c1-22-7-6-8-23(2)31(22)38-32(42)26-21-36-34(39-33(26)45-28-12-9-24(13-14-35)19-30(28)44-5)37-25-10-11-27(29(20-25)43-4)41-17-15-40(3)16-18-41/h6-12,19-21H,13-18,35H2,1-5H3,(H,38,42)(H,36,37,39). The van der Waals surface area contributed by atoms with Gasteiger partial charge in [0.25, 0.3) is 5.91 Å². The molecule has 4 aromatic rings. The molecule has 0 atom stereocenters. The van der Waals surface area contributed by atoms with Crippen LogP contribution in [0.1, 0.15) is 27.0 Å². The normalized spacial score (nSPS) is 13.3. The highest BCUT2D eigenvalue weighted by Crippen LogP contribution is 2.36. The molecule has 1 aromatic heterocycles. The number of nitrogens with zero attached hydrogens (tertiary/aromatic N) is 4. The maximum atomic E-state index is 13.6. The summed E-state index contributed by atoms with van der Waals surface area (Å²) < 4.78 is 17.6. The number of carbonyl (C=O) groups is 1. The van der Waals surface area contributed by atoms with Gasteiger partial charge in [-0.25, -0.2) is 4.98 Å². The number of ether oxygens (including phenoxy) is 3. The van der Waals surface area contributed by atoms with Gasteiger partial charge in [-0.1, -0.05) is 24.3 Å². The molecule has 236 valence electrons. The van der Waals surface area contributed by atoms with Gasteiger partial charge in [0.15, 0.2) is 11.5 Å². The first-order valence-corrected chi connectivity index (χ1v) is 15.0. The van der Waals surface area contributed by atoms with Gasteiger partial charge in [-0.15, -0.1) is 0 Å². The van der Waals surface area contributed by atoms with Crippen LogP contribution in [0.2, 0.25) is 0 Å². The van der Waals surface area contributed by atoms with E-state index in [1.54, 1.807) is 20.3 Å². The highest BCUT2D eigenvalue weighted by atomic mass is 16.5. The number of nitrogens with one attached hydrogen (secondary N) is 2. The number of aromatic nitrogens is 2. The maximum absolute atomic E-state index is 13.6. The Morgan fingerprint density at radius 3 is 2.36 bits per heavy atom.